The summed E-state index contributed by atoms with van der Waals surface area (Å²) in [6, 6.07) is 15.3. The molecule has 1 fully saturated rings. The summed E-state index contributed by atoms with van der Waals surface area (Å²) in [5, 5.41) is 2.83. The molecule has 4 rings (SSSR count). The molecular weight excluding hydrogens is 459 g/mol. The Bertz CT molecular complexity index is 1350. The molecule has 8 nitrogen and oxygen atoms in total. The molecule has 9 heteroatoms. The van der Waals surface area contributed by atoms with Gasteiger partial charge in [0.05, 0.1) is 18.8 Å². The zero-order valence-electron chi connectivity index (χ0n) is 20.2. The number of piperidine rings is 1. The van der Waals surface area contributed by atoms with Gasteiger partial charge in [0, 0.05) is 35.6 Å². The van der Waals surface area contributed by atoms with E-state index in [1.54, 1.807) is 35.4 Å². The van der Waals surface area contributed by atoms with Gasteiger partial charge in [0.1, 0.15) is 17.2 Å². The van der Waals surface area contributed by atoms with Gasteiger partial charge in [0.15, 0.2) is 0 Å². The number of amides is 2. The number of aryl methyl sites for hydroxylation is 1. The molecule has 1 unspecified atom stereocenters. The van der Waals surface area contributed by atoms with Gasteiger partial charge < -0.3 is 26.7 Å². The van der Waals surface area contributed by atoms with Gasteiger partial charge in [0.2, 0.25) is 0 Å². The molecule has 1 saturated heterocycles. The Hall–Kier alpha value is -4.40. The number of nitrogen functional groups attached to an aromatic ring is 1. The number of nitrogens with one attached hydrogen (secondary N) is 2. The number of nitrogens with two attached hydrogens (primary N) is 2. The highest BCUT2D eigenvalue weighted by molar-refractivity contribution is 6.13. The molecule has 0 saturated carbocycles. The van der Waals surface area contributed by atoms with E-state index in [0.717, 1.165) is 11.1 Å². The molecule has 2 aromatic carbocycles. The fraction of sp³-hybridized carbons (Fsp3) is 0.222. The fourth-order valence-corrected chi connectivity index (χ4v) is 4.24. The molecule has 3 aromatic rings. The van der Waals surface area contributed by atoms with E-state index >= 15 is 0 Å². The molecule has 36 heavy (non-hydrogen) atoms. The van der Waals surface area contributed by atoms with E-state index in [0.29, 0.717) is 29.2 Å². The lowest BCUT2D eigenvalue weighted by Gasteiger charge is -2.34. The first-order valence-electron chi connectivity index (χ1n) is 11.6. The minimum atomic E-state index is -0.492. The first kappa shape index (κ1) is 24.7. The van der Waals surface area contributed by atoms with Crippen LogP contribution in [0.2, 0.25) is 0 Å². The normalized spacial score (nSPS) is 18.2. The summed E-state index contributed by atoms with van der Waals surface area (Å²) in [7, 11) is 0. The third-order valence-electron chi connectivity index (χ3n) is 6.07. The van der Waals surface area contributed by atoms with Crippen molar-refractivity contribution in [1.82, 2.24) is 9.88 Å². The zero-order chi connectivity index (χ0) is 25.8. The maximum Gasteiger partial charge on any atom is 0.271 e. The largest absolute Gasteiger partial charge is 0.396 e. The summed E-state index contributed by atoms with van der Waals surface area (Å²) >= 11 is 0. The number of aromatic nitrogens is 1. The lowest BCUT2D eigenvalue weighted by Crippen LogP contribution is -2.46. The molecule has 2 heterocycles. The minimum absolute atomic E-state index is 0.00953. The highest BCUT2D eigenvalue weighted by Gasteiger charge is 2.32. The molecule has 0 radical (unpaired) electrons. The number of aromatic amines is 1. The number of hydrogen-bond donors (Lipinski definition) is 4. The number of hydrogen-bond acceptors (Lipinski definition) is 5. The van der Waals surface area contributed by atoms with Crippen LogP contribution in [0.15, 0.2) is 77.1 Å². The van der Waals surface area contributed by atoms with Crippen molar-refractivity contribution in [3.8, 4) is 0 Å². The summed E-state index contributed by atoms with van der Waals surface area (Å²) in [6.07, 6.45) is 1.68. The van der Waals surface area contributed by atoms with Crippen LogP contribution in [-0.2, 0) is 11.3 Å². The van der Waals surface area contributed by atoms with Crippen LogP contribution in [0.5, 0.6) is 0 Å². The number of likely N-dealkylation sites (tertiary alicyclic amines) is 1. The summed E-state index contributed by atoms with van der Waals surface area (Å²) in [5.41, 5.74) is 16.0. The van der Waals surface area contributed by atoms with Crippen molar-refractivity contribution in [3.05, 3.63) is 94.7 Å². The number of benzene rings is 2. The fourth-order valence-electron chi connectivity index (χ4n) is 4.24. The molecule has 2 amide bonds. The van der Waals surface area contributed by atoms with Gasteiger partial charge in [0.25, 0.3) is 11.8 Å². The standard InChI is InChI=1S/C27H29FN6O2/c1-16-5-3-6-19(11-16)33-26(35)24(30)20-15-34(27(36)23-7-4-10-31-23)14-17(2)25(20)32-13-18-8-9-21(28)22(29)12-18/h3-12,17,31H,13-15,29-30H2,1-2H3,(H,33,35). The Morgan fingerprint density at radius 1 is 1.19 bits per heavy atom. The molecule has 1 aliphatic rings. The third-order valence-corrected chi connectivity index (χ3v) is 6.07. The van der Waals surface area contributed by atoms with Crippen molar-refractivity contribution in [3.63, 3.8) is 0 Å². The van der Waals surface area contributed by atoms with Gasteiger partial charge in [-0.25, -0.2) is 4.39 Å². The first-order valence-corrected chi connectivity index (χ1v) is 11.6. The Kier molecular flexibility index (Phi) is 7.19. The number of rotatable bonds is 5. The quantitative estimate of drug-likeness (QED) is 0.323. The van der Waals surface area contributed by atoms with Gasteiger partial charge >= 0.3 is 0 Å². The second-order valence-corrected chi connectivity index (χ2v) is 8.94. The highest BCUT2D eigenvalue weighted by Crippen LogP contribution is 2.24. The number of anilines is 2. The summed E-state index contributed by atoms with van der Waals surface area (Å²) in [4.78, 5) is 35.5. The van der Waals surface area contributed by atoms with Crippen molar-refractivity contribution in [2.24, 2.45) is 16.6 Å². The SMILES string of the molecule is Cc1cccc(NC(=O)C(N)=C2CN(C(=O)c3ccc[nH]3)CC(C)C2=NCc2ccc(F)c(N)c2)c1. The summed E-state index contributed by atoms with van der Waals surface area (Å²) in [6.45, 7) is 4.61. The predicted molar refractivity (Wildman–Crippen MR) is 139 cm³/mol. The number of nitrogens with zero attached hydrogens (tertiary/aromatic N) is 2. The zero-order valence-corrected chi connectivity index (χ0v) is 20.2. The van der Waals surface area contributed by atoms with E-state index in [2.05, 4.69) is 10.3 Å². The molecule has 186 valence electrons. The van der Waals surface area contributed by atoms with E-state index in [4.69, 9.17) is 16.5 Å². The average molecular weight is 489 g/mol. The monoisotopic (exact) mass is 488 g/mol. The van der Waals surface area contributed by atoms with Crippen LogP contribution in [0, 0.1) is 18.7 Å². The van der Waals surface area contributed by atoms with Gasteiger partial charge in [-0.15, -0.1) is 0 Å². The number of halogens is 1. The maximum absolute atomic E-state index is 13.6. The molecule has 0 spiro atoms. The van der Waals surface area contributed by atoms with Crippen LogP contribution in [0.1, 0.15) is 28.5 Å². The van der Waals surface area contributed by atoms with Gasteiger partial charge in [-0.2, -0.15) is 0 Å². The highest BCUT2D eigenvalue weighted by atomic mass is 19.1. The lowest BCUT2D eigenvalue weighted by atomic mass is 9.90. The molecule has 1 aromatic heterocycles. The van der Waals surface area contributed by atoms with Gasteiger partial charge in [-0.05, 0) is 54.4 Å². The maximum atomic E-state index is 13.6. The number of carbonyl (C=O) groups excluding carboxylic acids is 2. The van der Waals surface area contributed by atoms with Crippen molar-refractivity contribution < 1.29 is 14.0 Å². The van der Waals surface area contributed by atoms with Crippen molar-refractivity contribution >= 4 is 28.9 Å². The second-order valence-electron chi connectivity index (χ2n) is 8.94. The molecule has 1 aliphatic heterocycles. The van der Waals surface area contributed by atoms with E-state index in [1.165, 1.54) is 12.1 Å². The predicted octanol–water partition coefficient (Wildman–Crippen LogP) is 3.63. The third kappa shape index (κ3) is 5.46. The topological polar surface area (TPSA) is 130 Å². The first-order chi connectivity index (χ1) is 17.2. The van der Waals surface area contributed by atoms with Crippen molar-refractivity contribution in [2.45, 2.75) is 20.4 Å². The van der Waals surface area contributed by atoms with Gasteiger partial charge in [-0.1, -0.05) is 25.1 Å². The Labute approximate surface area is 208 Å². The van der Waals surface area contributed by atoms with E-state index in [-0.39, 0.29) is 36.3 Å². The number of aliphatic imine (C=N–C) groups is 1. The van der Waals surface area contributed by atoms with Crippen molar-refractivity contribution in [2.75, 3.05) is 24.1 Å². The average Bonchev–Trinajstić information content (AvgIpc) is 3.39. The van der Waals surface area contributed by atoms with Crippen LogP contribution in [-0.4, -0.2) is 40.5 Å². The number of H-pyrrole nitrogens is 1. The van der Waals surface area contributed by atoms with Crippen LogP contribution in [0.3, 0.4) is 0 Å². The van der Waals surface area contributed by atoms with Crippen LogP contribution in [0.4, 0.5) is 15.8 Å². The van der Waals surface area contributed by atoms with E-state index in [1.807, 2.05) is 32.0 Å². The molecule has 6 N–H and O–H groups in total. The minimum Gasteiger partial charge on any atom is -0.396 e. The molecular formula is C27H29FN6O2. The van der Waals surface area contributed by atoms with Gasteiger partial charge in [-0.3, -0.25) is 14.6 Å². The van der Waals surface area contributed by atoms with Crippen molar-refractivity contribution in [1.29, 1.82) is 0 Å². The summed E-state index contributed by atoms with van der Waals surface area (Å²) in [5.74, 6) is -1.36. The van der Waals surface area contributed by atoms with Crippen LogP contribution in [0.25, 0.3) is 0 Å². The molecule has 0 aliphatic carbocycles. The van der Waals surface area contributed by atoms with Crippen LogP contribution >= 0.6 is 0 Å². The molecule has 1 atom stereocenters. The Morgan fingerprint density at radius 2 is 2.00 bits per heavy atom. The smallest absolute Gasteiger partial charge is 0.271 e. The van der Waals surface area contributed by atoms with E-state index in [9.17, 15) is 14.0 Å². The number of carbonyl (C=O) groups is 2. The lowest BCUT2D eigenvalue weighted by molar-refractivity contribution is -0.113. The molecule has 0 bridgehead atoms. The van der Waals surface area contributed by atoms with E-state index < -0.39 is 11.7 Å². The Balaban J connectivity index is 1.67. The van der Waals surface area contributed by atoms with Crippen LogP contribution < -0.4 is 16.8 Å². The summed E-state index contributed by atoms with van der Waals surface area (Å²) < 4.78 is 13.6. The Morgan fingerprint density at radius 3 is 2.69 bits per heavy atom. The second kappa shape index (κ2) is 10.5.